The predicted molar refractivity (Wildman–Crippen MR) is 115 cm³/mol. The van der Waals surface area contributed by atoms with Crippen molar-refractivity contribution in [1.29, 1.82) is 0 Å². The van der Waals surface area contributed by atoms with Crippen molar-refractivity contribution < 1.29 is 23.3 Å². The zero-order chi connectivity index (χ0) is 23.3. The van der Waals surface area contributed by atoms with Crippen LogP contribution in [0.5, 0.6) is 0 Å². The van der Waals surface area contributed by atoms with Crippen molar-refractivity contribution in [2.45, 2.75) is 38.9 Å². The third-order valence-electron chi connectivity index (χ3n) is 4.04. The summed E-state index contributed by atoms with van der Waals surface area (Å²) < 4.78 is 80.5. The molecule has 1 aromatic heterocycles. The maximum absolute atomic E-state index is 13.1. The van der Waals surface area contributed by atoms with Gasteiger partial charge in [-0.3, -0.25) is 0 Å². The van der Waals surface area contributed by atoms with Crippen molar-refractivity contribution in [3.05, 3.63) is 31.5 Å². The Bertz CT molecular complexity index is 739. The average Bonchev–Trinajstić information content (AvgIpc) is 2.54. The summed E-state index contributed by atoms with van der Waals surface area (Å²) >= 11 is 0. The van der Waals surface area contributed by atoms with E-state index in [1.165, 1.54) is 0 Å². The van der Waals surface area contributed by atoms with Crippen LogP contribution in [-0.2, 0) is 19.6 Å². The number of halogens is 6. The Kier molecular flexibility index (Phi) is 9.54. The van der Waals surface area contributed by atoms with E-state index in [9.17, 15) is 37.7 Å². The van der Waals surface area contributed by atoms with Crippen LogP contribution in [0.25, 0.3) is 0 Å². The first-order valence-electron chi connectivity index (χ1n) is 8.92. The fourth-order valence-electron chi connectivity index (χ4n) is 2.68. The van der Waals surface area contributed by atoms with Gasteiger partial charge in [0.1, 0.15) is 0 Å². The Labute approximate surface area is 176 Å². The molecule has 0 N–H and O–H groups in total. The van der Waals surface area contributed by atoms with E-state index in [4.69, 9.17) is 0 Å². The number of hydrogen-bond acceptors (Lipinski definition) is 3. The van der Waals surface area contributed by atoms with Gasteiger partial charge in [-0.15, -0.1) is 0 Å². The maximum atomic E-state index is 13.1. The molecule has 1 rings (SSSR count). The molecule has 0 amide bonds. The molecular weight excluding hydrogens is 480 g/mol. The molecule has 1 heterocycles. The lowest BCUT2D eigenvalue weighted by Crippen LogP contribution is -2.54. The summed E-state index contributed by atoms with van der Waals surface area (Å²) in [5, 5.41) is 0. The van der Waals surface area contributed by atoms with Gasteiger partial charge in [0.25, 0.3) is 0 Å². The molecule has 0 atom stereocenters. The summed E-state index contributed by atoms with van der Waals surface area (Å²) in [5.74, 6) is -1.60. The minimum atomic E-state index is -3.86. The lowest BCUT2D eigenvalue weighted by molar-refractivity contribution is 0.437. The molecule has 30 heavy (non-hydrogen) atoms. The van der Waals surface area contributed by atoms with Crippen LogP contribution in [0.1, 0.15) is 19.3 Å². The SMILES string of the molecule is CS(F)(F)CCCn1c(=O)n(CCCS(C)(F)F)c(=O)n(CCCS(C)(F)F)c1=O. The summed E-state index contributed by atoms with van der Waals surface area (Å²) in [6.07, 6.45) is 1.65. The predicted octanol–water partition coefficient (Wildman–Crippen LogP) is 3.95. The molecule has 6 nitrogen and oxygen atoms in total. The van der Waals surface area contributed by atoms with Gasteiger partial charge < -0.3 is 0 Å². The maximum Gasteiger partial charge on any atom is 0.336 e. The van der Waals surface area contributed by atoms with Gasteiger partial charge in [-0.25, -0.2) is 28.1 Å². The Morgan fingerprint density at radius 3 is 0.900 bits per heavy atom. The van der Waals surface area contributed by atoms with Crippen molar-refractivity contribution in [2.75, 3.05) is 36.0 Å². The Morgan fingerprint density at radius 2 is 0.733 bits per heavy atom. The first-order valence-corrected chi connectivity index (χ1v) is 15.0. The monoisotopic (exact) mass is 507 g/mol. The highest BCUT2D eigenvalue weighted by Gasteiger charge is 2.20. The first-order chi connectivity index (χ1) is 13.5. The van der Waals surface area contributed by atoms with Crippen LogP contribution < -0.4 is 17.1 Å². The zero-order valence-electron chi connectivity index (χ0n) is 16.9. The summed E-state index contributed by atoms with van der Waals surface area (Å²) in [4.78, 5) is 37.6. The van der Waals surface area contributed by atoms with Crippen LogP contribution in [0.4, 0.5) is 23.3 Å². The minimum Gasteiger partial charge on any atom is -0.247 e. The van der Waals surface area contributed by atoms with Crippen LogP contribution >= 0.6 is 32.4 Å². The van der Waals surface area contributed by atoms with E-state index in [-0.39, 0.29) is 19.3 Å². The van der Waals surface area contributed by atoms with Crippen LogP contribution in [0.15, 0.2) is 14.4 Å². The van der Waals surface area contributed by atoms with Gasteiger partial charge >= 0.3 is 17.1 Å². The van der Waals surface area contributed by atoms with Crippen LogP contribution in [-0.4, -0.2) is 49.7 Å². The smallest absolute Gasteiger partial charge is 0.247 e. The second-order valence-electron chi connectivity index (χ2n) is 7.10. The van der Waals surface area contributed by atoms with Crippen molar-refractivity contribution in [2.24, 2.45) is 0 Å². The van der Waals surface area contributed by atoms with Crippen molar-refractivity contribution in [3.8, 4) is 0 Å². The van der Waals surface area contributed by atoms with Crippen molar-refractivity contribution >= 4 is 32.4 Å². The summed E-state index contributed by atoms with van der Waals surface area (Å²) in [5.41, 5.74) is -3.22. The molecule has 0 saturated carbocycles. The Morgan fingerprint density at radius 1 is 0.533 bits per heavy atom. The van der Waals surface area contributed by atoms with E-state index >= 15 is 0 Å². The summed E-state index contributed by atoms with van der Waals surface area (Å²) in [6.45, 7) is -1.17. The van der Waals surface area contributed by atoms with Gasteiger partial charge in [0.15, 0.2) is 0 Å². The molecule has 0 radical (unpaired) electrons. The van der Waals surface area contributed by atoms with Gasteiger partial charge in [-0.1, -0.05) is 0 Å². The molecule has 0 bridgehead atoms. The second-order valence-corrected chi connectivity index (χ2v) is 13.6. The average molecular weight is 508 g/mol. The largest absolute Gasteiger partial charge is 0.336 e. The molecule has 15 heteroatoms. The molecule has 0 saturated heterocycles. The van der Waals surface area contributed by atoms with Crippen molar-refractivity contribution in [3.63, 3.8) is 0 Å². The van der Waals surface area contributed by atoms with E-state index in [1.54, 1.807) is 0 Å². The third-order valence-corrected chi connectivity index (χ3v) is 7.06. The molecule has 0 aliphatic carbocycles. The Balaban J connectivity index is 3.25. The van der Waals surface area contributed by atoms with Gasteiger partial charge in [0.2, 0.25) is 0 Å². The quantitative estimate of drug-likeness (QED) is 0.403. The normalized spacial score (nSPS) is 14.7. The standard InChI is InChI=1S/C15H27F6N3O3S3/c1-28(16,17)10-4-7-22-13(25)23(8-5-11-29(2,18)19)15(27)24(14(22)26)9-6-12-30(3,20)21/h4-12H2,1-3H3. The highest BCUT2D eigenvalue weighted by molar-refractivity contribution is 8.25. The first kappa shape index (κ1) is 27.1. The molecule has 0 fully saturated rings. The fraction of sp³-hybridized carbons (Fsp3) is 0.800. The zero-order valence-corrected chi connectivity index (χ0v) is 19.4. The van der Waals surface area contributed by atoms with Gasteiger partial charge in [-0.05, 0) is 19.3 Å². The van der Waals surface area contributed by atoms with E-state index in [2.05, 4.69) is 0 Å². The molecule has 180 valence electrons. The number of hydrogen-bond donors (Lipinski definition) is 0. The third kappa shape index (κ3) is 9.45. The second kappa shape index (κ2) is 10.6. The molecule has 0 aliphatic rings. The van der Waals surface area contributed by atoms with E-state index in [1.807, 2.05) is 0 Å². The van der Waals surface area contributed by atoms with Gasteiger partial charge in [-0.2, -0.15) is 23.3 Å². The Hall–Kier alpha value is -0.960. The van der Waals surface area contributed by atoms with Crippen LogP contribution in [0.3, 0.4) is 0 Å². The van der Waals surface area contributed by atoms with E-state index < -0.39 is 86.4 Å². The summed E-state index contributed by atoms with van der Waals surface area (Å²) in [6, 6.07) is 0. The van der Waals surface area contributed by atoms with E-state index in [0.717, 1.165) is 18.8 Å². The molecule has 0 unspecified atom stereocenters. The van der Waals surface area contributed by atoms with Gasteiger partial charge in [0, 0.05) is 55.7 Å². The number of nitrogens with zero attached hydrogens (tertiary/aromatic N) is 3. The van der Waals surface area contributed by atoms with Crippen LogP contribution in [0, 0.1) is 0 Å². The highest BCUT2D eigenvalue weighted by atomic mass is 32.3. The van der Waals surface area contributed by atoms with Crippen LogP contribution in [0.2, 0.25) is 0 Å². The topological polar surface area (TPSA) is 66.0 Å². The highest BCUT2D eigenvalue weighted by Crippen LogP contribution is 2.48. The molecule has 0 aliphatic heterocycles. The molecular formula is C15H27F6N3O3S3. The number of aromatic nitrogens is 3. The summed E-state index contributed by atoms with van der Waals surface area (Å²) in [7, 11) is -11.6. The fourth-order valence-corrected chi connectivity index (χ4v) is 4.59. The molecule has 0 spiro atoms. The lowest BCUT2D eigenvalue weighted by Gasteiger charge is -2.18. The van der Waals surface area contributed by atoms with E-state index in [0.29, 0.717) is 13.7 Å². The van der Waals surface area contributed by atoms with Gasteiger partial charge in [0.05, 0.1) is 32.4 Å². The number of rotatable bonds is 12. The minimum absolute atomic E-state index is 0.208. The molecule has 0 aromatic carbocycles. The van der Waals surface area contributed by atoms with Crippen molar-refractivity contribution in [1.82, 2.24) is 13.7 Å². The lowest BCUT2D eigenvalue weighted by atomic mass is 10.4. The molecule has 1 aromatic rings.